The lowest BCUT2D eigenvalue weighted by Crippen LogP contribution is -2.47. The van der Waals surface area contributed by atoms with Gasteiger partial charge in [0.2, 0.25) is 0 Å². The topological polar surface area (TPSA) is 37.0 Å². The predicted octanol–water partition coefficient (Wildman–Crippen LogP) is 4.65. The van der Waals surface area contributed by atoms with E-state index in [0.717, 1.165) is 49.7 Å². The number of hydrogen-bond donors (Lipinski definition) is 1. The van der Waals surface area contributed by atoms with Crippen molar-refractivity contribution in [1.82, 2.24) is 9.80 Å². The average molecular weight is 434 g/mol. The summed E-state index contributed by atoms with van der Waals surface area (Å²) in [4.78, 5) is 4.64. The Balaban J connectivity index is 1.80. The molecule has 1 heterocycles. The number of nitrogens with one attached hydrogen (secondary N) is 1. The van der Waals surface area contributed by atoms with Crippen LogP contribution >= 0.6 is 23.8 Å². The van der Waals surface area contributed by atoms with Gasteiger partial charge in [0.15, 0.2) is 5.11 Å². The number of rotatable bonds is 6. The molecule has 0 unspecified atom stereocenters. The number of halogens is 1. The number of piperidine rings is 1. The third-order valence-corrected chi connectivity index (χ3v) is 5.98. The Morgan fingerprint density at radius 2 is 1.72 bits per heavy atom. The minimum absolute atomic E-state index is 0.373. The second-order valence-corrected chi connectivity index (χ2v) is 8.08. The van der Waals surface area contributed by atoms with Gasteiger partial charge in [-0.2, -0.15) is 0 Å². The highest BCUT2D eigenvalue weighted by molar-refractivity contribution is 7.80. The highest BCUT2D eigenvalue weighted by Gasteiger charge is 2.25. The summed E-state index contributed by atoms with van der Waals surface area (Å²) in [7, 11) is 5.48. The van der Waals surface area contributed by atoms with Crippen molar-refractivity contribution in [2.75, 3.05) is 39.7 Å². The molecule has 0 spiro atoms. The maximum Gasteiger partial charge on any atom is 0.174 e. The van der Waals surface area contributed by atoms with Crippen LogP contribution in [0, 0.1) is 0 Å². The molecule has 1 N–H and O–H groups in total. The molecule has 1 saturated heterocycles. The van der Waals surface area contributed by atoms with E-state index in [-0.39, 0.29) is 0 Å². The predicted molar refractivity (Wildman–Crippen MR) is 123 cm³/mol. The van der Waals surface area contributed by atoms with Crippen molar-refractivity contribution >= 4 is 34.6 Å². The molecule has 0 atom stereocenters. The Morgan fingerprint density at radius 3 is 2.34 bits per heavy atom. The van der Waals surface area contributed by atoms with Gasteiger partial charge < -0.3 is 24.6 Å². The highest BCUT2D eigenvalue weighted by atomic mass is 35.5. The summed E-state index contributed by atoms with van der Waals surface area (Å²) in [5, 5.41) is 4.63. The molecule has 1 aliphatic heterocycles. The first-order valence-corrected chi connectivity index (χ1v) is 10.5. The van der Waals surface area contributed by atoms with Crippen LogP contribution < -0.4 is 14.8 Å². The summed E-state index contributed by atoms with van der Waals surface area (Å²) in [6.07, 6.45) is 2.14. The molecule has 1 fully saturated rings. The molecule has 0 aromatic heterocycles. The lowest BCUT2D eigenvalue weighted by atomic mass is 10.0. The van der Waals surface area contributed by atoms with Gasteiger partial charge in [-0.3, -0.25) is 0 Å². The summed E-state index contributed by atoms with van der Waals surface area (Å²) in [6.45, 7) is 2.85. The monoisotopic (exact) mass is 433 g/mol. The van der Waals surface area contributed by atoms with Crippen LogP contribution in [0.1, 0.15) is 18.4 Å². The Bertz CT molecular complexity index is 823. The van der Waals surface area contributed by atoms with Gasteiger partial charge in [-0.25, -0.2) is 0 Å². The number of methoxy groups -OCH3 is 2. The van der Waals surface area contributed by atoms with Gasteiger partial charge in [-0.15, -0.1) is 0 Å². The van der Waals surface area contributed by atoms with Gasteiger partial charge >= 0.3 is 0 Å². The first-order chi connectivity index (χ1) is 14.0. The molecule has 5 nitrogen and oxygen atoms in total. The highest BCUT2D eigenvalue weighted by Crippen LogP contribution is 2.28. The van der Waals surface area contributed by atoms with Crippen molar-refractivity contribution in [1.29, 1.82) is 0 Å². The molecular weight excluding hydrogens is 406 g/mol. The summed E-state index contributed by atoms with van der Waals surface area (Å²) < 4.78 is 10.6. The van der Waals surface area contributed by atoms with Crippen LogP contribution in [0.2, 0.25) is 5.02 Å². The van der Waals surface area contributed by atoms with Crippen LogP contribution in [0.5, 0.6) is 11.5 Å². The quantitative estimate of drug-likeness (QED) is 0.668. The second kappa shape index (κ2) is 10.1. The van der Waals surface area contributed by atoms with Gasteiger partial charge in [0.1, 0.15) is 11.5 Å². The fourth-order valence-electron chi connectivity index (χ4n) is 3.52. The fraction of sp³-hybridized carbons (Fsp3) is 0.409. The summed E-state index contributed by atoms with van der Waals surface area (Å²) in [6, 6.07) is 14.0. The van der Waals surface area contributed by atoms with Crippen LogP contribution in [0.3, 0.4) is 0 Å². The van der Waals surface area contributed by atoms with Gasteiger partial charge in [-0.05, 0) is 75.0 Å². The van der Waals surface area contributed by atoms with Crippen LogP contribution in [0.4, 0.5) is 5.69 Å². The standard InChI is InChI=1S/C22H28ClN3O2S/c1-25-12-10-17(11-13-25)26(15-16-4-6-18(27-2)7-5-16)22(29)24-21-14-19(28-3)8-9-20(21)23/h4-9,14,17H,10-13,15H2,1-3H3,(H,24,29). The van der Waals surface area contributed by atoms with Gasteiger partial charge in [0, 0.05) is 18.7 Å². The van der Waals surface area contributed by atoms with E-state index < -0.39 is 0 Å². The molecular formula is C22H28ClN3O2S. The molecule has 29 heavy (non-hydrogen) atoms. The minimum Gasteiger partial charge on any atom is -0.497 e. The molecule has 2 aromatic carbocycles. The third kappa shape index (κ3) is 5.75. The first kappa shape index (κ1) is 21.7. The van der Waals surface area contributed by atoms with Crippen molar-refractivity contribution in [3.8, 4) is 11.5 Å². The summed E-state index contributed by atoms with van der Waals surface area (Å²) in [5.41, 5.74) is 1.94. The van der Waals surface area contributed by atoms with E-state index >= 15 is 0 Å². The molecule has 7 heteroatoms. The normalized spacial score (nSPS) is 15.0. The van der Waals surface area contributed by atoms with E-state index in [1.165, 1.54) is 5.56 Å². The van der Waals surface area contributed by atoms with Gasteiger partial charge in [0.05, 0.1) is 24.9 Å². The van der Waals surface area contributed by atoms with Crippen LogP contribution in [0.25, 0.3) is 0 Å². The summed E-state index contributed by atoms with van der Waals surface area (Å²) in [5.74, 6) is 1.59. The molecule has 2 aromatic rings. The molecule has 0 amide bonds. The molecule has 0 radical (unpaired) electrons. The number of hydrogen-bond acceptors (Lipinski definition) is 4. The second-order valence-electron chi connectivity index (χ2n) is 7.29. The van der Waals surface area contributed by atoms with Crippen LogP contribution in [0.15, 0.2) is 42.5 Å². The number of thiocarbonyl (C=S) groups is 1. The lowest BCUT2D eigenvalue weighted by Gasteiger charge is -2.39. The molecule has 0 aliphatic carbocycles. The van der Waals surface area contributed by atoms with E-state index in [9.17, 15) is 0 Å². The SMILES string of the molecule is COc1ccc(CN(C(=S)Nc2cc(OC)ccc2Cl)C2CCN(C)CC2)cc1. The van der Waals surface area contributed by atoms with Gasteiger partial charge in [-0.1, -0.05) is 23.7 Å². The molecule has 156 valence electrons. The Morgan fingerprint density at radius 1 is 1.10 bits per heavy atom. The third-order valence-electron chi connectivity index (χ3n) is 5.32. The van der Waals surface area contributed by atoms with Crippen LogP contribution in [-0.4, -0.2) is 55.3 Å². The van der Waals surface area contributed by atoms with Crippen LogP contribution in [-0.2, 0) is 6.54 Å². The van der Waals surface area contributed by atoms with Gasteiger partial charge in [0.25, 0.3) is 0 Å². The summed E-state index contributed by atoms with van der Waals surface area (Å²) >= 11 is 12.2. The first-order valence-electron chi connectivity index (χ1n) is 9.73. The molecule has 0 bridgehead atoms. The largest absolute Gasteiger partial charge is 0.497 e. The molecule has 0 saturated carbocycles. The number of anilines is 1. The Hall–Kier alpha value is -2.02. The number of nitrogens with zero attached hydrogens (tertiary/aromatic N) is 2. The molecule has 3 rings (SSSR count). The van der Waals surface area contributed by atoms with Crippen molar-refractivity contribution in [2.24, 2.45) is 0 Å². The van der Waals surface area contributed by atoms with Crippen molar-refractivity contribution < 1.29 is 9.47 Å². The van der Waals surface area contributed by atoms with E-state index in [0.29, 0.717) is 16.2 Å². The zero-order valence-electron chi connectivity index (χ0n) is 17.2. The maximum atomic E-state index is 6.38. The Kier molecular flexibility index (Phi) is 7.58. The fourth-order valence-corrected chi connectivity index (χ4v) is 4.00. The number of ether oxygens (including phenoxy) is 2. The maximum absolute atomic E-state index is 6.38. The van der Waals surface area contributed by atoms with E-state index in [1.54, 1.807) is 14.2 Å². The lowest BCUT2D eigenvalue weighted by molar-refractivity contribution is 0.173. The van der Waals surface area contributed by atoms with E-state index in [1.807, 2.05) is 30.3 Å². The zero-order chi connectivity index (χ0) is 20.8. The van der Waals surface area contributed by atoms with Crippen molar-refractivity contribution in [2.45, 2.75) is 25.4 Å². The average Bonchev–Trinajstić information content (AvgIpc) is 2.74. The molecule has 1 aliphatic rings. The number of benzene rings is 2. The zero-order valence-corrected chi connectivity index (χ0v) is 18.7. The number of likely N-dealkylation sites (tertiary alicyclic amines) is 1. The minimum atomic E-state index is 0.373. The van der Waals surface area contributed by atoms with E-state index in [2.05, 4.69) is 34.3 Å². The van der Waals surface area contributed by atoms with E-state index in [4.69, 9.17) is 33.3 Å². The smallest absolute Gasteiger partial charge is 0.174 e. The van der Waals surface area contributed by atoms with Crippen molar-refractivity contribution in [3.05, 3.63) is 53.1 Å². The van der Waals surface area contributed by atoms with Crippen molar-refractivity contribution in [3.63, 3.8) is 0 Å². The Labute approximate surface area is 183 Å².